The van der Waals surface area contributed by atoms with Gasteiger partial charge in [-0.25, -0.2) is 4.68 Å². The van der Waals surface area contributed by atoms with E-state index >= 15 is 0 Å². The highest BCUT2D eigenvalue weighted by Crippen LogP contribution is 2.36. The zero-order valence-corrected chi connectivity index (χ0v) is 11.6. The fourth-order valence-corrected chi connectivity index (χ4v) is 3.00. The summed E-state index contributed by atoms with van der Waals surface area (Å²) in [5.74, 6) is 0.981. The van der Waals surface area contributed by atoms with Crippen LogP contribution in [0.25, 0.3) is 0 Å². The Hall–Kier alpha value is -1.15. The lowest BCUT2D eigenvalue weighted by Gasteiger charge is -2.27. The highest BCUT2D eigenvalue weighted by atomic mass is 32.2. The van der Waals surface area contributed by atoms with E-state index in [1.807, 2.05) is 9.58 Å². The molecule has 3 rings (SSSR count). The smallest absolute Gasteiger partial charge is 0.223 e. The Kier molecular flexibility index (Phi) is 3.97. The first-order valence-corrected chi connectivity index (χ1v) is 7.72. The predicted molar refractivity (Wildman–Crippen MR) is 70.9 cm³/mol. The molecule has 2 fully saturated rings. The third-order valence-electron chi connectivity index (χ3n) is 3.37. The third-order valence-corrected chi connectivity index (χ3v) is 4.31. The van der Waals surface area contributed by atoms with Crippen LogP contribution in [0, 0.1) is 0 Å². The summed E-state index contributed by atoms with van der Waals surface area (Å²) < 4.78 is 1.89. The Morgan fingerprint density at radius 3 is 2.89 bits per heavy atom. The molecule has 2 aliphatic rings. The Morgan fingerprint density at radius 2 is 2.16 bits per heavy atom. The number of carbonyl (C=O) groups excluding carboxylic acids is 1. The first-order chi connectivity index (χ1) is 9.34. The number of hydrogen-bond donors (Lipinski definition) is 1. The zero-order chi connectivity index (χ0) is 13.1. The number of nitrogens with zero attached hydrogens (tertiary/aromatic N) is 5. The van der Waals surface area contributed by atoms with Crippen molar-refractivity contribution in [2.24, 2.45) is 0 Å². The monoisotopic (exact) mass is 282 g/mol. The largest absolute Gasteiger partial charge is 0.340 e. The molecule has 0 unspecified atom stereocenters. The second kappa shape index (κ2) is 5.87. The Bertz CT molecular complexity index is 440. The summed E-state index contributed by atoms with van der Waals surface area (Å²) in [5.41, 5.74) is 0. The van der Waals surface area contributed by atoms with E-state index < -0.39 is 0 Å². The minimum absolute atomic E-state index is 0.236. The Labute approximate surface area is 116 Å². The average Bonchev–Trinajstić information content (AvgIpc) is 3.19. The molecule has 1 aliphatic heterocycles. The lowest BCUT2D eigenvalue weighted by Crippen LogP contribution is -2.46. The van der Waals surface area contributed by atoms with Crippen LogP contribution in [0.2, 0.25) is 0 Å². The summed E-state index contributed by atoms with van der Waals surface area (Å²) in [5, 5.41) is 15.8. The Balaban J connectivity index is 1.44. The van der Waals surface area contributed by atoms with Gasteiger partial charge >= 0.3 is 0 Å². The van der Waals surface area contributed by atoms with E-state index in [1.165, 1.54) is 0 Å². The number of carbonyl (C=O) groups is 1. The van der Waals surface area contributed by atoms with Crippen LogP contribution >= 0.6 is 11.8 Å². The Morgan fingerprint density at radius 1 is 1.37 bits per heavy atom. The van der Waals surface area contributed by atoms with Crippen LogP contribution in [-0.2, 0) is 4.79 Å². The van der Waals surface area contributed by atoms with E-state index in [0.29, 0.717) is 12.5 Å². The minimum atomic E-state index is 0.236. The van der Waals surface area contributed by atoms with Crippen molar-refractivity contribution < 1.29 is 4.79 Å². The first-order valence-electron chi connectivity index (χ1n) is 6.74. The van der Waals surface area contributed by atoms with Crippen LogP contribution in [0.4, 0.5) is 0 Å². The van der Waals surface area contributed by atoms with Crippen molar-refractivity contribution in [1.29, 1.82) is 0 Å². The van der Waals surface area contributed by atoms with Crippen molar-refractivity contribution in [3.05, 3.63) is 0 Å². The van der Waals surface area contributed by atoms with E-state index in [2.05, 4.69) is 20.8 Å². The average molecular weight is 282 g/mol. The normalized spacial score (nSPS) is 19.7. The van der Waals surface area contributed by atoms with Crippen molar-refractivity contribution in [1.82, 2.24) is 30.4 Å². The summed E-state index contributed by atoms with van der Waals surface area (Å²) in [4.78, 5) is 13.9. The van der Waals surface area contributed by atoms with E-state index in [1.54, 1.807) is 11.8 Å². The molecule has 1 aromatic heterocycles. The number of nitrogens with one attached hydrogen (secondary N) is 1. The van der Waals surface area contributed by atoms with Gasteiger partial charge in [0.1, 0.15) is 0 Å². The van der Waals surface area contributed by atoms with Crippen molar-refractivity contribution in [2.75, 3.05) is 31.9 Å². The molecule has 0 radical (unpaired) electrons. The molecule has 2 heterocycles. The summed E-state index contributed by atoms with van der Waals surface area (Å²) in [6.07, 6.45) is 2.89. The summed E-state index contributed by atoms with van der Waals surface area (Å²) in [7, 11) is 0. The molecule has 1 saturated heterocycles. The number of hydrogen-bond acceptors (Lipinski definition) is 6. The number of rotatable bonds is 5. The van der Waals surface area contributed by atoms with Crippen molar-refractivity contribution in [3.8, 4) is 0 Å². The van der Waals surface area contributed by atoms with E-state index in [4.69, 9.17) is 0 Å². The number of aromatic nitrogens is 4. The van der Waals surface area contributed by atoms with Crippen LogP contribution in [-0.4, -0.2) is 62.9 Å². The van der Waals surface area contributed by atoms with Gasteiger partial charge in [-0.3, -0.25) is 4.79 Å². The van der Waals surface area contributed by atoms with Gasteiger partial charge in [-0.2, -0.15) is 0 Å². The third kappa shape index (κ3) is 3.24. The van der Waals surface area contributed by atoms with Crippen molar-refractivity contribution in [3.63, 3.8) is 0 Å². The van der Waals surface area contributed by atoms with Gasteiger partial charge in [0.25, 0.3) is 0 Å². The van der Waals surface area contributed by atoms with Crippen LogP contribution in [0.15, 0.2) is 5.16 Å². The molecule has 1 amide bonds. The molecule has 104 valence electrons. The quantitative estimate of drug-likeness (QED) is 0.761. The van der Waals surface area contributed by atoms with E-state index in [9.17, 15) is 4.79 Å². The summed E-state index contributed by atoms with van der Waals surface area (Å²) in [6.45, 7) is 3.45. The summed E-state index contributed by atoms with van der Waals surface area (Å²) >= 11 is 1.58. The van der Waals surface area contributed by atoms with Crippen molar-refractivity contribution >= 4 is 17.7 Å². The molecule has 8 heteroatoms. The standard InChI is InChI=1S/C11H18N6OS/c18-10(16-6-4-12-5-7-16)3-8-19-11-13-14-15-17(11)9-1-2-9/h9,12H,1-8H2. The highest BCUT2D eigenvalue weighted by molar-refractivity contribution is 7.99. The molecular weight excluding hydrogens is 264 g/mol. The zero-order valence-electron chi connectivity index (χ0n) is 10.8. The molecule has 0 spiro atoms. The van der Waals surface area contributed by atoms with Gasteiger partial charge in [-0.1, -0.05) is 11.8 Å². The maximum Gasteiger partial charge on any atom is 0.223 e. The van der Waals surface area contributed by atoms with Gasteiger partial charge in [-0.15, -0.1) is 5.10 Å². The molecule has 0 bridgehead atoms. The molecule has 0 aromatic carbocycles. The molecule has 7 nitrogen and oxygen atoms in total. The van der Waals surface area contributed by atoms with E-state index in [-0.39, 0.29) is 5.91 Å². The molecule has 1 N–H and O–H groups in total. The molecule has 1 aliphatic carbocycles. The number of tetrazole rings is 1. The van der Waals surface area contributed by atoms with Gasteiger partial charge < -0.3 is 10.2 Å². The minimum Gasteiger partial charge on any atom is -0.340 e. The number of piperazine rings is 1. The molecule has 19 heavy (non-hydrogen) atoms. The second-order valence-corrected chi connectivity index (χ2v) is 5.93. The number of amides is 1. The van der Waals surface area contributed by atoms with Crippen LogP contribution in [0.3, 0.4) is 0 Å². The van der Waals surface area contributed by atoms with Crippen LogP contribution in [0.5, 0.6) is 0 Å². The fourth-order valence-electron chi connectivity index (χ4n) is 2.13. The molecule has 0 atom stereocenters. The van der Waals surface area contributed by atoms with Gasteiger partial charge in [-0.05, 0) is 23.3 Å². The fraction of sp³-hybridized carbons (Fsp3) is 0.818. The first kappa shape index (κ1) is 12.9. The van der Waals surface area contributed by atoms with Gasteiger partial charge in [0.05, 0.1) is 6.04 Å². The van der Waals surface area contributed by atoms with Gasteiger partial charge in [0, 0.05) is 38.4 Å². The SMILES string of the molecule is O=C(CCSc1nnnn1C1CC1)N1CCNCC1. The molecular formula is C11H18N6OS. The lowest BCUT2D eigenvalue weighted by molar-refractivity contribution is -0.131. The van der Waals surface area contributed by atoms with Gasteiger partial charge in [0.2, 0.25) is 11.1 Å². The topological polar surface area (TPSA) is 75.9 Å². The predicted octanol–water partition coefficient (Wildman–Crippen LogP) is -0.0780. The molecule has 1 aromatic rings. The summed E-state index contributed by atoms with van der Waals surface area (Å²) in [6, 6.07) is 0.487. The van der Waals surface area contributed by atoms with Crippen LogP contribution in [0.1, 0.15) is 25.3 Å². The maximum atomic E-state index is 12.0. The van der Waals surface area contributed by atoms with Crippen molar-refractivity contribution in [2.45, 2.75) is 30.5 Å². The second-order valence-electron chi connectivity index (χ2n) is 4.87. The molecule has 1 saturated carbocycles. The van der Waals surface area contributed by atoms with Crippen LogP contribution < -0.4 is 5.32 Å². The van der Waals surface area contributed by atoms with Gasteiger partial charge in [0.15, 0.2) is 0 Å². The maximum absolute atomic E-state index is 12.0. The highest BCUT2D eigenvalue weighted by Gasteiger charge is 2.28. The van der Waals surface area contributed by atoms with E-state index in [0.717, 1.165) is 49.9 Å². The lowest BCUT2D eigenvalue weighted by atomic mass is 10.3. The number of thioether (sulfide) groups is 1.